The van der Waals surface area contributed by atoms with E-state index in [2.05, 4.69) is 10.6 Å². The van der Waals surface area contributed by atoms with Gasteiger partial charge >= 0.3 is 6.03 Å². The molecule has 7 heteroatoms. The number of nitrogens with one attached hydrogen (secondary N) is 2. The van der Waals surface area contributed by atoms with Crippen LogP contribution in [0, 0.1) is 0 Å². The second kappa shape index (κ2) is 8.71. The molecule has 31 heavy (non-hydrogen) atoms. The number of hydrogen-bond acceptors (Lipinski definition) is 4. The van der Waals surface area contributed by atoms with E-state index in [0.29, 0.717) is 11.4 Å². The molecule has 0 radical (unpaired) electrons. The minimum Gasteiger partial charge on any atom is -0.497 e. The molecule has 0 bridgehead atoms. The van der Waals surface area contributed by atoms with Gasteiger partial charge in [-0.05, 0) is 47.5 Å². The minimum absolute atomic E-state index is 0.147. The second-order valence-electron chi connectivity index (χ2n) is 7.07. The molecular formula is C24H21N3O4. The van der Waals surface area contributed by atoms with Gasteiger partial charge in [0.05, 0.1) is 19.2 Å². The number of rotatable bonds is 6. The van der Waals surface area contributed by atoms with Crippen molar-refractivity contribution in [2.75, 3.05) is 17.3 Å². The summed E-state index contributed by atoms with van der Waals surface area (Å²) in [5, 5.41) is 5.35. The Morgan fingerprint density at radius 2 is 1.71 bits per heavy atom. The third kappa shape index (κ3) is 4.40. The Morgan fingerprint density at radius 1 is 0.968 bits per heavy atom. The number of para-hydroxylation sites is 1. The third-order valence-corrected chi connectivity index (χ3v) is 4.99. The lowest BCUT2D eigenvalue weighted by Crippen LogP contribution is -2.34. The van der Waals surface area contributed by atoms with E-state index in [1.54, 1.807) is 49.6 Å². The van der Waals surface area contributed by atoms with Crippen molar-refractivity contribution in [3.8, 4) is 16.9 Å². The first-order chi connectivity index (χ1) is 15.0. The molecule has 4 rings (SSSR count). The fourth-order valence-electron chi connectivity index (χ4n) is 3.44. The fraction of sp³-hybridized carbons (Fsp3) is 0.125. The summed E-state index contributed by atoms with van der Waals surface area (Å²) in [7, 11) is 1.62. The first-order valence-corrected chi connectivity index (χ1v) is 9.79. The first-order valence-electron chi connectivity index (χ1n) is 9.79. The monoisotopic (exact) mass is 415 g/mol. The van der Waals surface area contributed by atoms with Crippen LogP contribution in [0.25, 0.3) is 11.1 Å². The summed E-state index contributed by atoms with van der Waals surface area (Å²) >= 11 is 0. The van der Waals surface area contributed by atoms with Gasteiger partial charge in [-0.2, -0.15) is 0 Å². The van der Waals surface area contributed by atoms with Crippen LogP contribution in [0.15, 0.2) is 78.9 Å². The summed E-state index contributed by atoms with van der Waals surface area (Å²) in [4.78, 5) is 38.3. The molecule has 156 valence electrons. The molecule has 1 unspecified atom stereocenters. The third-order valence-electron chi connectivity index (χ3n) is 4.99. The SMILES string of the molecule is COc1cccc(-c2ccc(NC(=O)CC3NC(=O)N(c4ccccc4)C3=O)cc2)c1. The molecule has 3 aromatic rings. The summed E-state index contributed by atoms with van der Waals surface area (Å²) < 4.78 is 5.25. The number of methoxy groups -OCH3 is 1. The van der Waals surface area contributed by atoms with Crippen molar-refractivity contribution in [3.63, 3.8) is 0 Å². The van der Waals surface area contributed by atoms with E-state index in [0.717, 1.165) is 21.8 Å². The van der Waals surface area contributed by atoms with Crippen LogP contribution in [-0.2, 0) is 9.59 Å². The van der Waals surface area contributed by atoms with Crippen LogP contribution in [0.2, 0.25) is 0 Å². The number of urea groups is 1. The van der Waals surface area contributed by atoms with E-state index < -0.39 is 18.0 Å². The standard InChI is InChI=1S/C24H21N3O4/c1-31-20-9-5-6-17(14-20)16-10-12-18(13-11-16)25-22(28)15-21-23(29)27(24(30)26-21)19-7-3-2-4-8-19/h2-14,21H,15H2,1H3,(H,25,28)(H,26,30). The highest BCUT2D eigenvalue weighted by atomic mass is 16.5. The van der Waals surface area contributed by atoms with Gasteiger partial charge in [0.25, 0.3) is 5.91 Å². The Bertz CT molecular complexity index is 1110. The van der Waals surface area contributed by atoms with Crippen molar-refractivity contribution in [3.05, 3.63) is 78.9 Å². The number of amides is 4. The maximum Gasteiger partial charge on any atom is 0.329 e. The number of ether oxygens (including phenoxy) is 1. The van der Waals surface area contributed by atoms with E-state index in [4.69, 9.17) is 4.74 Å². The Balaban J connectivity index is 1.39. The molecule has 1 fully saturated rings. The summed E-state index contributed by atoms with van der Waals surface area (Å²) in [6.45, 7) is 0. The molecule has 7 nitrogen and oxygen atoms in total. The van der Waals surface area contributed by atoms with Gasteiger partial charge in [0.2, 0.25) is 5.91 Å². The molecule has 2 N–H and O–H groups in total. The molecule has 1 atom stereocenters. The lowest BCUT2D eigenvalue weighted by Gasteiger charge is -2.13. The molecule has 0 aliphatic carbocycles. The Hall–Kier alpha value is -4.13. The van der Waals surface area contributed by atoms with Crippen LogP contribution >= 0.6 is 0 Å². The van der Waals surface area contributed by atoms with Crippen molar-refractivity contribution in [1.29, 1.82) is 0 Å². The van der Waals surface area contributed by atoms with E-state index >= 15 is 0 Å². The Labute approximate surface area is 179 Å². The molecule has 4 amide bonds. The van der Waals surface area contributed by atoms with Gasteiger partial charge in [-0.1, -0.05) is 42.5 Å². The van der Waals surface area contributed by atoms with Crippen molar-refractivity contribution < 1.29 is 19.1 Å². The number of carbonyl (C=O) groups excluding carboxylic acids is 3. The molecule has 1 aliphatic rings. The molecule has 0 aromatic heterocycles. The molecular weight excluding hydrogens is 394 g/mol. The fourth-order valence-corrected chi connectivity index (χ4v) is 3.44. The van der Waals surface area contributed by atoms with Crippen LogP contribution in [0.1, 0.15) is 6.42 Å². The number of anilines is 2. The summed E-state index contributed by atoms with van der Waals surface area (Å²) in [6, 6.07) is 22.2. The molecule has 1 saturated heterocycles. The van der Waals surface area contributed by atoms with Crippen LogP contribution in [0.3, 0.4) is 0 Å². The van der Waals surface area contributed by atoms with Gasteiger partial charge < -0.3 is 15.4 Å². The number of carbonyl (C=O) groups is 3. The van der Waals surface area contributed by atoms with Crippen molar-refractivity contribution in [2.24, 2.45) is 0 Å². The highest BCUT2D eigenvalue weighted by Crippen LogP contribution is 2.25. The average molecular weight is 415 g/mol. The highest BCUT2D eigenvalue weighted by Gasteiger charge is 2.39. The lowest BCUT2D eigenvalue weighted by molar-refractivity contribution is -0.122. The topological polar surface area (TPSA) is 87.7 Å². The largest absolute Gasteiger partial charge is 0.497 e. The zero-order valence-corrected chi connectivity index (χ0v) is 16.9. The van der Waals surface area contributed by atoms with Gasteiger partial charge in [-0.25, -0.2) is 9.69 Å². The van der Waals surface area contributed by atoms with Crippen LogP contribution in [0.5, 0.6) is 5.75 Å². The molecule has 1 heterocycles. The number of imide groups is 1. The minimum atomic E-state index is -0.899. The average Bonchev–Trinajstić information content (AvgIpc) is 3.07. The number of hydrogen-bond donors (Lipinski definition) is 2. The maximum absolute atomic E-state index is 12.6. The van der Waals surface area contributed by atoms with Crippen LogP contribution in [0.4, 0.5) is 16.2 Å². The van der Waals surface area contributed by atoms with E-state index in [1.807, 2.05) is 36.4 Å². The molecule has 0 saturated carbocycles. The van der Waals surface area contributed by atoms with Gasteiger partial charge in [-0.3, -0.25) is 9.59 Å². The van der Waals surface area contributed by atoms with E-state index in [-0.39, 0.29) is 12.3 Å². The zero-order chi connectivity index (χ0) is 21.8. The number of benzene rings is 3. The molecule has 0 spiro atoms. The summed E-state index contributed by atoms with van der Waals surface area (Å²) in [6.07, 6.45) is -0.147. The maximum atomic E-state index is 12.6. The molecule has 1 aliphatic heterocycles. The predicted molar refractivity (Wildman–Crippen MR) is 118 cm³/mol. The second-order valence-corrected chi connectivity index (χ2v) is 7.07. The van der Waals surface area contributed by atoms with E-state index in [9.17, 15) is 14.4 Å². The van der Waals surface area contributed by atoms with Gasteiger partial charge in [0.1, 0.15) is 11.8 Å². The van der Waals surface area contributed by atoms with Crippen molar-refractivity contribution >= 4 is 29.2 Å². The first kappa shape index (κ1) is 20.2. The Morgan fingerprint density at radius 3 is 2.42 bits per heavy atom. The van der Waals surface area contributed by atoms with Gasteiger partial charge in [-0.15, -0.1) is 0 Å². The highest BCUT2D eigenvalue weighted by molar-refractivity contribution is 6.22. The predicted octanol–water partition coefficient (Wildman–Crippen LogP) is 3.82. The van der Waals surface area contributed by atoms with Gasteiger partial charge in [0, 0.05) is 5.69 Å². The smallest absolute Gasteiger partial charge is 0.329 e. The van der Waals surface area contributed by atoms with Crippen molar-refractivity contribution in [1.82, 2.24) is 5.32 Å². The normalized spacial score (nSPS) is 15.5. The van der Waals surface area contributed by atoms with E-state index in [1.165, 1.54) is 0 Å². The van der Waals surface area contributed by atoms with Crippen LogP contribution in [-0.4, -0.2) is 31.0 Å². The Kier molecular flexibility index (Phi) is 5.66. The quantitative estimate of drug-likeness (QED) is 0.599. The van der Waals surface area contributed by atoms with Crippen molar-refractivity contribution in [2.45, 2.75) is 12.5 Å². The summed E-state index contributed by atoms with van der Waals surface area (Å²) in [5.74, 6) is -0.0369. The lowest BCUT2D eigenvalue weighted by atomic mass is 10.1. The van der Waals surface area contributed by atoms with Gasteiger partial charge in [0.15, 0.2) is 0 Å². The van der Waals surface area contributed by atoms with Crippen LogP contribution < -0.4 is 20.3 Å². The molecule has 3 aromatic carbocycles. The number of nitrogens with zero attached hydrogens (tertiary/aromatic N) is 1. The summed E-state index contributed by atoms with van der Waals surface area (Å²) in [5.41, 5.74) is 3.06. The zero-order valence-electron chi connectivity index (χ0n) is 16.9.